The summed E-state index contributed by atoms with van der Waals surface area (Å²) in [6, 6.07) is 7.78. The lowest BCUT2D eigenvalue weighted by Gasteiger charge is -2.25. The van der Waals surface area contributed by atoms with Crippen molar-refractivity contribution in [2.45, 2.75) is 57.7 Å². The molecule has 0 aromatic heterocycles. The lowest BCUT2D eigenvalue weighted by Crippen LogP contribution is -2.45. The second kappa shape index (κ2) is 10.2. The molecular formula is C25H26ClF2N3O5. The Morgan fingerprint density at radius 1 is 1.14 bits per heavy atom. The molecule has 0 unspecified atom stereocenters. The molecule has 1 aliphatic heterocycles. The number of primary amides is 1. The summed E-state index contributed by atoms with van der Waals surface area (Å²) < 4.78 is 35.1. The zero-order valence-corrected chi connectivity index (χ0v) is 20.7. The molecule has 1 aliphatic rings. The van der Waals surface area contributed by atoms with Crippen molar-refractivity contribution in [2.24, 2.45) is 5.73 Å². The third kappa shape index (κ3) is 6.17. The van der Waals surface area contributed by atoms with Crippen LogP contribution in [0.5, 0.6) is 0 Å². The molecule has 8 nitrogen and oxygen atoms in total. The Morgan fingerprint density at radius 2 is 1.78 bits per heavy atom. The maximum atomic E-state index is 15.0. The van der Waals surface area contributed by atoms with Gasteiger partial charge in [-0.1, -0.05) is 23.7 Å². The number of nitrogens with one attached hydrogen (secondary N) is 1. The average molecular weight is 522 g/mol. The fourth-order valence-electron chi connectivity index (χ4n) is 3.74. The molecule has 11 heteroatoms. The maximum Gasteiger partial charge on any atom is 0.350 e. The van der Waals surface area contributed by atoms with Gasteiger partial charge in [0.1, 0.15) is 11.6 Å². The third-order valence-corrected chi connectivity index (χ3v) is 5.69. The van der Waals surface area contributed by atoms with Gasteiger partial charge >= 0.3 is 11.9 Å². The van der Waals surface area contributed by atoms with E-state index in [0.29, 0.717) is 10.6 Å². The topological polar surface area (TPSA) is 119 Å². The molecule has 0 spiro atoms. The molecule has 1 atom stereocenters. The summed E-state index contributed by atoms with van der Waals surface area (Å²) >= 11 is 5.77. The molecule has 0 aliphatic carbocycles. The van der Waals surface area contributed by atoms with Gasteiger partial charge < -0.3 is 20.7 Å². The number of anilines is 1. The van der Waals surface area contributed by atoms with Gasteiger partial charge in [0.05, 0.1) is 0 Å². The van der Waals surface area contributed by atoms with Crippen LogP contribution in [0.3, 0.4) is 0 Å². The molecule has 2 aromatic carbocycles. The highest BCUT2D eigenvalue weighted by molar-refractivity contribution is 6.30. The second-order valence-electron chi connectivity index (χ2n) is 9.38. The highest BCUT2D eigenvalue weighted by Crippen LogP contribution is 2.34. The van der Waals surface area contributed by atoms with E-state index in [9.17, 15) is 28.0 Å². The fourth-order valence-corrected chi connectivity index (χ4v) is 3.87. The molecule has 0 saturated heterocycles. The number of amides is 3. The lowest BCUT2D eigenvalue weighted by molar-refractivity contribution is -0.155. The van der Waals surface area contributed by atoms with Crippen molar-refractivity contribution in [3.63, 3.8) is 0 Å². The number of nitrogens with zero attached hydrogens (tertiary/aromatic N) is 1. The van der Waals surface area contributed by atoms with E-state index in [1.54, 1.807) is 20.8 Å². The Labute approximate surface area is 211 Å². The predicted octanol–water partition coefficient (Wildman–Crippen LogP) is 4.00. The lowest BCUT2D eigenvalue weighted by atomic mass is 10.0. The number of carbonyl (C=O) groups excluding carboxylic acids is 4. The van der Waals surface area contributed by atoms with Gasteiger partial charge in [-0.25, -0.2) is 0 Å². The van der Waals surface area contributed by atoms with Gasteiger partial charge in [0.15, 0.2) is 0 Å². The van der Waals surface area contributed by atoms with Crippen LogP contribution in [-0.2, 0) is 31.6 Å². The first-order valence-electron chi connectivity index (χ1n) is 11.1. The quantitative estimate of drug-likeness (QED) is 0.509. The zero-order chi connectivity index (χ0) is 26.8. The number of hydrogen-bond acceptors (Lipinski definition) is 5. The van der Waals surface area contributed by atoms with Gasteiger partial charge in [0.2, 0.25) is 5.91 Å². The average Bonchev–Trinajstić information content (AvgIpc) is 3.09. The van der Waals surface area contributed by atoms with Crippen molar-refractivity contribution in [1.29, 1.82) is 0 Å². The molecule has 3 rings (SSSR count). The SMILES string of the molecule is CC(C)(C)OC(=O)CC[C@@H](C(N)=O)N1Cc2ccc(C(F)(F)C(=O)Nc3ccc(Cl)cc3)cc2C1=O. The Balaban J connectivity index is 1.76. The highest BCUT2D eigenvalue weighted by atomic mass is 35.5. The van der Waals surface area contributed by atoms with Crippen molar-refractivity contribution < 1.29 is 32.7 Å². The Morgan fingerprint density at radius 3 is 2.36 bits per heavy atom. The van der Waals surface area contributed by atoms with Crippen LogP contribution in [-0.4, -0.2) is 40.2 Å². The van der Waals surface area contributed by atoms with E-state index in [-0.39, 0.29) is 30.6 Å². The second-order valence-corrected chi connectivity index (χ2v) is 9.82. The van der Waals surface area contributed by atoms with Crippen molar-refractivity contribution in [2.75, 3.05) is 5.32 Å². The molecule has 0 saturated carbocycles. The normalized spacial score (nSPS) is 14.3. The van der Waals surface area contributed by atoms with Gasteiger partial charge in [-0.3, -0.25) is 19.2 Å². The predicted molar refractivity (Wildman–Crippen MR) is 128 cm³/mol. The van der Waals surface area contributed by atoms with Gasteiger partial charge in [-0.15, -0.1) is 0 Å². The summed E-state index contributed by atoms with van der Waals surface area (Å²) in [7, 11) is 0. The molecule has 1 heterocycles. The molecule has 0 bridgehead atoms. The van der Waals surface area contributed by atoms with Crippen LogP contribution in [0.15, 0.2) is 42.5 Å². The first-order valence-corrected chi connectivity index (χ1v) is 11.5. The number of alkyl halides is 2. The first kappa shape index (κ1) is 27.1. The summed E-state index contributed by atoms with van der Waals surface area (Å²) in [5.74, 6) is -7.64. The van der Waals surface area contributed by atoms with E-state index in [4.69, 9.17) is 22.1 Å². The standard InChI is InChI=1S/C25H26ClF2N3O5/c1-24(2,3)36-20(32)11-10-19(21(29)33)31-13-14-4-5-15(12-18(14)22(31)34)25(27,28)23(35)30-17-8-6-16(26)7-9-17/h4-9,12,19H,10-11,13H2,1-3H3,(H2,29,33)(H,30,35)/t19-/m0/s1. The summed E-state index contributed by atoms with van der Waals surface area (Å²) in [6.45, 7) is 5.03. The molecule has 2 aromatic rings. The number of nitrogens with two attached hydrogens (primary N) is 1. The van der Waals surface area contributed by atoms with Gasteiger partial charge in [0.25, 0.3) is 11.8 Å². The Hall–Kier alpha value is -3.53. The summed E-state index contributed by atoms with van der Waals surface area (Å²) in [6.07, 6.45) is -0.254. The van der Waals surface area contributed by atoms with Crippen LogP contribution >= 0.6 is 11.6 Å². The summed E-state index contributed by atoms with van der Waals surface area (Å²) in [4.78, 5) is 50.6. The fraction of sp³-hybridized carbons (Fsp3) is 0.360. The number of carbonyl (C=O) groups is 4. The van der Waals surface area contributed by atoms with Crippen LogP contribution in [0, 0.1) is 0 Å². The molecule has 3 N–H and O–H groups in total. The van der Waals surface area contributed by atoms with Gasteiger partial charge in [-0.2, -0.15) is 8.78 Å². The van der Waals surface area contributed by atoms with E-state index in [0.717, 1.165) is 17.0 Å². The molecular weight excluding hydrogens is 496 g/mol. The minimum atomic E-state index is -3.96. The number of hydrogen-bond donors (Lipinski definition) is 2. The molecule has 0 radical (unpaired) electrons. The van der Waals surface area contributed by atoms with E-state index in [1.165, 1.54) is 30.3 Å². The third-order valence-electron chi connectivity index (χ3n) is 5.44. The molecule has 192 valence electrons. The molecule has 0 fully saturated rings. The van der Waals surface area contributed by atoms with E-state index in [2.05, 4.69) is 5.32 Å². The number of esters is 1. The first-order chi connectivity index (χ1) is 16.7. The largest absolute Gasteiger partial charge is 0.460 e. The van der Waals surface area contributed by atoms with Crippen LogP contribution in [0.2, 0.25) is 5.02 Å². The smallest absolute Gasteiger partial charge is 0.350 e. The van der Waals surface area contributed by atoms with Crippen molar-refractivity contribution in [3.8, 4) is 0 Å². The van der Waals surface area contributed by atoms with Crippen LogP contribution in [0.25, 0.3) is 0 Å². The number of ether oxygens (including phenoxy) is 1. The summed E-state index contributed by atoms with van der Waals surface area (Å²) in [5, 5.41) is 2.50. The van der Waals surface area contributed by atoms with E-state index in [1.807, 2.05) is 0 Å². The van der Waals surface area contributed by atoms with Gasteiger partial charge in [-0.05, 0) is 63.1 Å². The monoisotopic (exact) mass is 521 g/mol. The van der Waals surface area contributed by atoms with Crippen LogP contribution in [0.1, 0.15) is 55.1 Å². The highest BCUT2D eigenvalue weighted by Gasteiger charge is 2.43. The minimum Gasteiger partial charge on any atom is -0.460 e. The maximum absolute atomic E-state index is 15.0. The van der Waals surface area contributed by atoms with Crippen LogP contribution in [0.4, 0.5) is 14.5 Å². The zero-order valence-electron chi connectivity index (χ0n) is 19.9. The van der Waals surface area contributed by atoms with E-state index >= 15 is 0 Å². The van der Waals surface area contributed by atoms with Crippen molar-refractivity contribution in [1.82, 2.24) is 4.90 Å². The Bertz CT molecular complexity index is 1200. The van der Waals surface area contributed by atoms with Crippen LogP contribution < -0.4 is 11.1 Å². The molecule has 36 heavy (non-hydrogen) atoms. The number of rotatable bonds is 8. The van der Waals surface area contributed by atoms with E-state index < -0.39 is 46.8 Å². The number of benzene rings is 2. The van der Waals surface area contributed by atoms with Crippen molar-refractivity contribution >= 4 is 41.0 Å². The number of halogens is 3. The number of fused-ring (bicyclic) bond motifs is 1. The molecule has 3 amide bonds. The van der Waals surface area contributed by atoms with Crippen molar-refractivity contribution in [3.05, 3.63) is 64.2 Å². The minimum absolute atomic E-state index is 0.0566. The summed E-state index contributed by atoms with van der Waals surface area (Å²) in [5.41, 5.74) is 4.52. The van der Waals surface area contributed by atoms with Gasteiger partial charge in [0, 0.05) is 34.8 Å². The Kier molecular flexibility index (Phi) is 7.68.